The van der Waals surface area contributed by atoms with Crippen molar-refractivity contribution in [2.24, 2.45) is 11.8 Å². The molecule has 8 nitrogen and oxygen atoms in total. The highest BCUT2D eigenvalue weighted by atomic mass is 16.2. The number of nitrogens with one attached hydrogen (secondary N) is 3. The second kappa shape index (κ2) is 11.8. The number of hydrogen-bond acceptors (Lipinski definition) is 5. The van der Waals surface area contributed by atoms with E-state index in [0.29, 0.717) is 37.5 Å². The Labute approximate surface area is 229 Å². The smallest absolute Gasteiger partial charge is 0.225 e. The lowest BCUT2D eigenvalue weighted by Gasteiger charge is -2.38. The number of rotatable bonds is 10. The lowest BCUT2D eigenvalue weighted by atomic mass is 9.85. The van der Waals surface area contributed by atoms with Gasteiger partial charge in [-0.15, -0.1) is 0 Å². The van der Waals surface area contributed by atoms with Crippen molar-refractivity contribution in [1.82, 2.24) is 25.5 Å². The van der Waals surface area contributed by atoms with Gasteiger partial charge in [-0.2, -0.15) is 5.26 Å². The fourth-order valence-electron chi connectivity index (χ4n) is 5.48. The average molecular weight is 525 g/mol. The highest BCUT2D eigenvalue weighted by Crippen LogP contribution is 2.29. The molecule has 5 rings (SSSR count). The molecule has 0 bridgehead atoms. The van der Waals surface area contributed by atoms with Gasteiger partial charge >= 0.3 is 0 Å². The van der Waals surface area contributed by atoms with Crippen LogP contribution < -0.4 is 10.6 Å². The van der Waals surface area contributed by atoms with Gasteiger partial charge in [-0.1, -0.05) is 42.5 Å². The summed E-state index contributed by atoms with van der Waals surface area (Å²) < 4.78 is 0. The topological polar surface area (TPSA) is 114 Å². The minimum absolute atomic E-state index is 0.0608. The SMILES string of the molecule is CC(Cc1ccc(C#N)cc1)(NC(=O)[C@H]1C[C@@H](C(=O)NC2CC2)CN(CCc2ccccc2)C1)c1cnc[nH]1. The highest BCUT2D eigenvalue weighted by Gasteiger charge is 2.39. The third-order valence-electron chi connectivity index (χ3n) is 7.88. The summed E-state index contributed by atoms with van der Waals surface area (Å²) in [6.45, 7) is 4.06. The van der Waals surface area contributed by atoms with Gasteiger partial charge in [0.25, 0.3) is 0 Å². The number of imidazole rings is 1. The number of benzene rings is 2. The van der Waals surface area contributed by atoms with Crippen molar-refractivity contribution in [3.8, 4) is 6.07 Å². The third kappa shape index (κ3) is 6.92. The lowest BCUT2D eigenvalue weighted by Crippen LogP contribution is -2.54. The number of amides is 2. The second-order valence-corrected chi connectivity index (χ2v) is 11.2. The van der Waals surface area contributed by atoms with Crippen molar-refractivity contribution >= 4 is 11.8 Å². The summed E-state index contributed by atoms with van der Waals surface area (Å²) in [6.07, 6.45) is 7.36. The molecule has 202 valence electrons. The molecule has 2 amide bonds. The normalized spacial score (nSPS) is 20.9. The molecule has 1 aliphatic carbocycles. The number of H-pyrrole nitrogens is 1. The maximum atomic E-state index is 13.9. The van der Waals surface area contributed by atoms with E-state index in [9.17, 15) is 9.59 Å². The van der Waals surface area contributed by atoms with Gasteiger partial charge in [-0.25, -0.2) is 4.98 Å². The molecule has 39 heavy (non-hydrogen) atoms. The summed E-state index contributed by atoms with van der Waals surface area (Å²) in [4.78, 5) is 36.6. The minimum Gasteiger partial charge on any atom is -0.353 e. The molecule has 3 atom stereocenters. The van der Waals surface area contributed by atoms with Crippen molar-refractivity contribution in [1.29, 1.82) is 5.26 Å². The summed E-state index contributed by atoms with van der Waals surface area (Å²) in [6, 6.07) is 20.2. The Hall–Kier alpha value is -3.96. The van der Waals surface area contributed by atoms with Crippen LogP contribution in [0.15, 0.2) is 67.1 Å². The van der Waals surface area contributed by atoms with Crippen LogP contribution in [-0.2, 0) is 28.0 Å². The van der Waals surface area contributed by atoms with E-state index in [0.717, 1.165) is 37.1 Å². The molecular weight excluding hydrogens is 488 g/mol. The Morgan fingerprint density at radius 2 is 1.77 bits per heavy atom. The van der Waals surface area contributed by atoms with Crippen LogP contribution in [0, 0.1) is 23.2 Å². The summed E-state index contributed by atoms with van der Waals surface area (Å²) in [5, 5.41) is 15.6. The molecule has 1 unspecified atom stereocenters. The van der Waals surface area contributed by atoms with E-state index in [4.69, 9.17) is 5.26 Å². The molecule has 1 aliphatic heterocycles. The van der Waals surface area contributed by atoms with Crippen LogP contribution in [-0.4, -0.2) is 52.4 Å². The number of carbonyl (C=O) groups excluding carboxylic acids is 2. The zero-order valence-corrected chi connectivity index (χ0v) is 22.4. The van der Waals surface area contributed by atoms with Gasteiger partial charge in [0.05, 0.1) is 47.2 Å². The summed E-state index contributed by atoms with van der Waals surface area (Å²) in [7, 11) is 0. The third-order valence-corrected chi connectivity index (χ3v) is 7.88. The molecular formula is C31H36N6O2. The molecule has 8 heteroatoms. The number of piperidine rings is 1. The zero-order valence-electron chi connectivity index (χ0n) is 22.4. The number of nitriles is 1. The Kier molecular flexibility index (Phi) is 8.08. The van der Waals surface area contributed by atoms with Crippen molar-refractivity contribution in [2.75, 3.05) is 19.6 Å². The van der Waals surface area contributed by atoms with Crippen molar-refractivity contribution < 1.29 is 9.59 Å². The molecule has 1 saturated carbocycles. The predicted molar refractivity (Wildman–Crippen MR) is 148 cm³/mol. The minimum atomic E-state index is -0.736. The zero-order chi connectivity index (χ0) is 27.2. The average Bonchev–Trinajstić information content (AvgIpc) is 3.58. The predicted octanol–water partition coefficient (Wildman–Crippen LogP) is 3.31. The van der Waals surface area contributed by atoms with Gasteiger partial charge in [-0.3, -0.25) is 9.59 Å². The van der Waals surface area contributed by atoms with E-state index < -0.39 is 5.54 Å². The Morgan fingerprint density at radius 1 is 1.05 bits per heavy atom. The number of hydrogen-bond donors (Lipinski definition) is 3. The van der Waals surface area contributed by atoms with Gasteiger partial charge in [0.1, 0.15) is 0 Å². The number of likely N-dealkylation sites (tertiary alicyclic amines) is 1. The molecule has 3 aromatic rings. The Morgan fingerprint density at radius 3 is 2.41 bits per heavy atom. The fourth-order valence-corrected chi connectivity index (χ4v) is 5.48. The second-order valence-electron chi connectivity index (χ2n) is 11.2. The van der Waals surface area contributed by atoms with Gasteiger partial charge in [0.15, 0.2) is 0 Å². The van der Waals surface area contributed by atoms with Crippen LogP contribution >= 0.6 is 0 Å². The number of nitrogens with zero attached hydrogens (tertiary/aromatic N) is 3. The number of aromatic nitrogens is 2. The van der Waals surface area contributed by atoms with Crippen LogP contribution in [0.25, 0.3) is 0 Å². The van der Waals surface area contributed by atoms with E-state index >= 15 is 0 Å². The van der Waals surface area contributed by atoms with Crippen LogP contribution in [0.5, 0.6) is 0 Å². The molecule has 1 aromatic heterocycles. The van der Waals surface area contributed by atoms with E-state index in [1.165, 1.54) is 5.56 Å². The van der Waals surface area contributed by atoms with Crippen LogP contribution in [0.1, 0.15) is 48.6 Å². The molecule has 2 heterocycles. The fraction of sp³-hybridized carbons (Fsp3) is 0.419. The first-order valence-corrected chi connectivity index (χ1v) is 13.8. The van der Waals surface area contributed by atoms with Gasteiger partial charge in [-0.05, 0) is 55.9 Å². The molecule has 1 saturated heterocycles. The van der Waals surface area contributed by atoms with Gasteiger partial charge in [0.2, 0.25) is 11.8 Å². The van der Waals surface area contributed by atoms with E-state index in [-0.39, 0.29) is 23.7 Å². The van der Waals surface area contributed by atoms with Crippen LogP contribution in [0.3, 0.4) is 0 Å². The van der Waals surface area contributed by atoms with Crippen LogP contribution in [0.2, 0.25) is 0 Å². The first-order valence-electron chi connectivity index (χ1n) is 13.8. The maximum absolute atomic E-state index is 13.9. The van der Waals surface area contributed by atoms with E-state index in [1.54, 1.807) is 24.7 Å². The van der Waals surface area contributed by atoms with E-state index in [1.807, 2.05) is 37.3 Å². The van der Waals surface area contributed by atoms with Gasteiger partial charge < -0.3 is 20.5 Å². The molecule has 0 spiro atoms. The molecule has 3 N–H and O–H groups in total. The van der Waals surface area contributed by atoms with Gasteiger partial charge in [0, 0.05) is 32.1 Å². The van der Waals surface area contributed by atoms with Crippen LogP contribution in [0.4, 0.5) is 0 Å². The van der Waals surface area contributed by atoms with Crippen molar-refractivity contribution in [3.63, 3.8) is 0 Å². The lowest BCUT2D eigenvalue weighted by molar-refractivity contribution is -0.133. The number of carbonyl (C=O) groups is 2. The monoisotopic (exact) mass is 524 g/mol. The van der Waals surface area contributed by atoms with Crippen molar-refractivity contribution in [3.05, 3.63) is 89.5 Å². The summed E-state index contributed by atoms with van der Waals surface area (Å²) in [5.41, 5.74) is 2.91. The molecule has 2 aromatic carbocycles. The molecule has 0 radical (unpaired) electrons. The highest BCUT2D eigenvalue weighted by molar-refractivity contribution is 5.83. The van der Waals surface area contributed by atoms with E-state index in [2.05, 4.69) is 43.7 Å². The molecule has 2 fully saturated rings. The first-order chi connectivity index (χ1) is 18.9. The number of aromatic amines is 1. The quantitative estimate of drug-likeness (QED) is 0.377. The first kappa shape index (κ1) is 26.6. The molecule has 2 aliphatic rings. The van der Waals surface area contributed by atoms with Crippen molar-refractivity contribution in [2.45, 2.75) is 50.6 Å². The maximum Gasteiger partial charge on any atom is 0.225 e. The summed E-state index contributed by atoms with van der Waals surface area (Å²) in [5.74, 6) is -0.529. The standard InChI is InChI=1S/C31H36N6O2/c1-31(28-18-33-21-34-28,16-23-7-9-24(17-32)10-8-23)36-30(39)26-15-25(29(38)35-27-11-12-27)19-37(20-26)14-13-22-5-3-2-4-6-22/h2-10,18,21,25-27H,11-16,19-20H2,1H3,(H,33,34)(H,35,38)(H,36,39)/t25-,26+,31?/m1/s1. The Balaban J connectivity index is 1.32. The summed E-state index contributed by atoms with van der Waals surface area (Å²) >= 11 is 0. The Bertz CT molecular complexity index is 1300. The largest absolute Gasteiger partial charge is 0.353 e.